The SMILES string of the molecule is CC(C(=O)O)n1nnc2sc3c(c2c1=O)CCC(C(C)(C)C)C3. The fraction of sp³-hybridized carbons (Fsp3) is 0.625. The molecule has 1 aliphatic rings. The Bertz CT molecular complexity index is 831. The Morgan fingerprint density at radius 1 is 1.43 bits per heavy atom. The molecule has 2 heterocycles. The van der Waals surface area contributed by atoms with Crippen molar-refractivity contribution in [3.8, 4) is 0 Å². The highest BCUT2D eigenvalue weighted by Crippen LogP contribution is 2.41. The fourth-order valence-electron chi connectivity index (χ4n) is 3.20. The fourth-order valence-corrected chi connectivity index (χ4v) is 4.44. The van der Waals surface area contributed by atoms with Gasteiger partial charge in [-0.1, -0.05) is 26.0 Å². The van der Waals surface area contributed by atoms with E-state index in [-0.39, 0.29) is 11.0 Å². The first-order valence-corrected chi connectivity index (χ1v) is 8.64. The van der Waals surface area contributed by atoms with Gasteiger partial charge in [-0.05, 0) is 43.1 Å². The van der Waals surface area contributed by atoms with Crippen molar-refractivity contribution in [2.45, 2.75) is 53.0 Å². The number of aliphatic carboxylic acids is 1. The molecule has 2 aromatic heterocycles. The Morgan fingerprint density at radius 3 is 2.74 bits per heavy atom. The van der Waals surface area contributed by atoms with E-state index < -0.39 is 12.0 Å². The van der Waals surface area contributed by atoms with Crippen molar-refractivity contribution < 1.29 is 9.90 Å². The maximum Gasteiger partial charge on any atom is 0.328 e. The van der Waals surface area contributed by atoms with Gasteiger partial charge in [0.1, 0.15) is 0 Å². The van der Waals surface area contributed by atoms with Crippen LogP contribution >= 0.6 is 11.3 Å². The Kier molecular flexibility index (Phi) is 3.78. The molecule has 23 heavy (non-hydrogen) atoms. The summed E-state index contributed by atoms with van der Waals surface area (Å²) in [6, 6.07) is -1.01. The summed E-state index contributed by atoms with van der Waals surface area (Å²) in [4.78, 5) is 25.7. The second-order valence-electron chi connectivity index (χ2n) is 7.34. The molecule has 0 aromatic carbocycles. The summed E-state index contributed by atoms with van der Waals surface area (Å²) in [6.45, 7) is 8.19. The highest BCUT2D eigenvalue weighted by atomic mass is 32.1. The van der Waals surface area contributed by atoms with E-state index in [0.717, 1.165) is 29.5 Å². The number of fused-ring (bicyclic) bond motifs is 3. The molecule has 7 heteroatoms. The van der Waals surface area contributed by atoms with E-state index in [1.807, 2.05) is 0 Å². The molecule has 0 saturated carbocycles. The van der Waals surface area contributed by atoms with Crippen molar-refractivity contribution >= 4 is 27.5 Å². The van der Waals surface area contributed by atoms with E-state index >= 15 is 0 Å². The summed E-state index contributed by atoms with van der Waals surface area (Å²) in [5, 5.41) is 17.6. The maximum absolute atomic E-state index is 12.7. The quantitative estimate of drug-likeness (QED) is 0.912. The molecule has 6 nitrogen and oxygen atoms in total. The first-order valence-electron chi connectivity index (χ1n) is 7.82. The van der Waals surface area contributed by atoms with Gasteiger partial charge in [0.15, 0.2) is 10.9 Å². The zero-order chi connectivity index (χ0) is 16.9. The summed E-state index contributed by atoms with van der Waals surface area (Å²) in [5.41, 5.74) is 0.950. The van der Waals surface area contributed by atoms with Crippen molar-refractivity contribution in [3.05, 3.63) is 20.8 Å². The molecule has 0 fully saturated rings. The molecule has 0 aliphatic heterocycles. The standard InChI is InChI=1S/C16H21N3O3S/c1-8(15(21)22)19-14(20)12-10-6-5-9(16(2,3)4)7-11(10)23-13(12)17-18-19/h8-9H,5-7H2,1-4H3,(H,21,22). The largest absolute Gasteiger partial charge is 0.480 e. The molecule has 0 bridgehead atoms. The lowest BCUT2D eigenvalue weighted by molar-refractivity contribution is -0.140. The molecule has 2 atom stereocenters. The zero-order valence-corrected chi connectivity index (χ0v) is 14.6. The Labute approximate surface area is 138 Å². The minimum atomic E-state index is -1.09. The number of rotatable bonds is 2. The maximum atomic E-state index is 12.7. The Balaban J connectivity index is 2.11. The molecule has 1 aliphatic carbocycles. The second-order valence-corrected chi connectivity index (χ2v) is 8.43. The molecule has 3 rings (SSSR count). The molecular weight excluding hydrogens is 314 g/mol. The Hall–Kier alpha value is -1.76. The van der Waals surface area contributed by atoms with Crippen LogP contribution in [0.3, 0.4) is 0 Å². The highest BCUT2D eigenvalue weighted by Gasteiger charge is 2.32. The number of nitrogens with zero attached hydrogens (tertiary/aromatic N) is 3. The van der Waals surface area contributed by atoms with Gasteiger partial charge in [-0.2, -0.15) is 4.68 Å². The van der Waals surface area contributed by atoms with E-state index in [9.17, 15) is 9.59 Å². The summed E-state index contributed by atoms with van der Waals surface area (Å²) >= 11 is 1.53. The molecule has 2 aromatic rings. The predicted octanol–water partition coefficient (Wildman–Crippen LogP) is 2.65. The van der Waals surface area contributed by atoms with Crippen LogP contribution in [0.2, 0.25) is 0 Å². The number of hydrogen-bond acceptors (Lipinski definition) is 5. The van der Waals surface area contributed by atoms with Crippen LogP contribution in [0.4, 0.5) is 0 Å². The smallest absolute Gasteiger partial charge is 0.328 e. The van der Waals surface area contributed by atoms with Crippen LogP contribution in [-0.2, 0) is 17.6 Å². The van der Waals surface area contributed by atoms with Crippen LogP contribution in [0.1, 0.15) is 50.6 Å². The van der Waals surface area contributed by atoms with Gasteiger partial charge in [-0.15, -0.1) is 16.4 Å². The lowest BCUT2D eigenvalue weighted by Crippen LogP contribution is -2.31. The predicted molar refractivity (Wildman–Crippen MR) is 89.0 cm³/mol. The van der Waals surface area contributed by atoms with Crippen LogP contribution in [0.15, 0.2) is 4.79 Å². The van der Waals surface area contributed by atoms with Gasteiger partial charge in [-0.3, -0.25) is 4.79 Å². The third-order valence-corrected chi connectivity index (χ3v) is 5.99. The van der Waals surface area contributed by atoms with Crippen LogP contribution in [0.25, 0.3) is 10.2 Å². The Morgan fingerprint density at radius 2 is 2.13 bits per heavy atom. The van der Waals surface area contributed by atoms with Crippen molar-refractivity contribution in [3.63, 3.8) is 0 Å². The van der Waals surface area contributed by atoms with Crippen molar-refractivity contribution in [1.29, 1.82) is 0 Å². The monoisotopic (exact) mass is 335 g/mol. The average molecular weight is 335 g/mol. The van der Waals surface area contributed by atoms with E-state index in [2.05, 4.69) is 31.1 Å². The van der Waals surface area contributed by atoms with Gasteiger partial charge in [0.25, 0.3) is 5.56 Å². The summed E-state index contributed by atoms with van der Waals surface area (Å²) in [5.74, 6) is -0.506. The third kappa shape index (κ3) is 2.67. The number of aromatic nitrogens is 3. The van der Waals surface area contributed by atoms with Gasteiger partial charge in [0, 0.05) is 4.88 Å². The molecule has 0 saturated heterocycles. The normalized spacial score (nSPS) is 19.6. The number of carbonyl (C=O) groups is 1. The molecule has 0 spiro atoms. The highest BCUT2D eigenvalue weighted by molar-refractivity contribution is 7.18. The van der Waals surface area contributed by atoms with E-state index in [4.69, 9.17) is 5.11 Å². The first-order chi connectivity index (χ1) is 10.7. The van der Waals surface area contributed by atoms with Crippen LogP contribution in [-0.4, -0.2) is 26.1 Å². The van der Waals surface area contributed by atoms with Crippen LogP contribution in [0, 0.1) is 11.3 Å². The van der Waals surface area contributed by atoms with Crippen LogP contribution < -0.4 is 5.56 Å². The van der Waals surface area contributed by atoms with Gasteiger partial charge in [-0.25, -0.2) is 4.79 Å². The van der Waals surface area contributed by atoms with Crippen LogP contribution in [0.5, 0.6) is 0 Å². The summed E-state index contributed by atoms with van der Waals surface area (Å²) < 4.78 is 0.980. The van der Waals surface area contributed by atoms with Gasteiger partial charge in [0.2, 0.25) is 0 Å². The van der Waals surface area contributed by atoms with Crippen molar-refractivity contribution in [2.24, 2.45) is 11.3 Å². The molecular formula is C16H21N3O3S. The lowest BCUT2D eigenvalue weighted by atomic mass is 9.72. The molecule has 0 radical (unpaired) electrons. The average Bonchev–Trinajstić information content (AvgIpc) is 2.84. The molecule has 124 valence electrons. The summed E-state index contributed by atoms with van der Waals surface area (Å²) in [7, 11) is 0. The minimum absolute atomic E-state index is 0.234. The van der Waals surface area contributed by atoms with Crippen molar-refractivity contribution in [1.82, 2.24) is 15.0 Å². The van der Waals surface area contributed by atoms with Crippen molar-refractivity contribution in [2.75, 3.05) is 0 Å². The van der Waals surface area contributed by atoms with Gasteiger partial charge in [0.05, 0.1) is 5.39 Å². The number of hydrogen-bond donors (Lipinski definition) is 1. The van der Waals surface area contributed by atoms with E-state index in [1.54, 1.807) is 0 Å². The number of aryl methyl sites for hydroxylation is 1. The first kappa shape index (κ1) is 16.1. The third-order valence-electron chi connectivity index (χ3n) is 4.85. The topological polar surface area (TPSA) is 85.1 Å². The zero-order valence-electron chi connectivity index (χ0n) is 13.8. The minimum Gasteiger partial charge on any atom is -0.480 e. The van der Waals surface area contributed by atoms with E-state index in [0.29, 0.717) is 16.1 Å². The number of thiophene rings is 1. The summed E-state index contributed by atoms with van der Waals surface area (Å²) in [6.07, 6.45) is 2.84. The molecule has 1 N–H and O–H groups in total. The second kappa shape index (κ2) is 5.40. The van der Waals surface area contributed by atoms with Gasteiger partial charge >= 0.3 is 5.97 Å². The van der Waals surface area contributed by atoms with Gasteiger partial charge < -0.3 is 5.11 Å². The van der Waals surface area contributed by atoms with E-state index in [1.165, 1.54) is 23.1 Å². The lowest BCUT2D eigenvalue weighted by Gasteiger charge is -2.33. The molecule has 2 unspecified atom stereocenters. The number of carboxylic acids is 1. The molecule has 0 amide bonds. The number of carboxylic acid groups (broad SMARTS) is 1.